The lowest BCUT2D eigenvalue weighted by molar-refractivity contribution is -0.255. The number of hydrogen-bond donors (Lipinski definition) is 0. The molecule has 36 heavy (non-hydrogen) atoms. The lowest BCUT2D eigenvalue weighted by atomic mass is 9.96. The molecule has 0 saturated heterocycles. The van der Waals surface area contributed by atoms with Gasteiger partial charge in [-0.1, -0.05) is 60.4 Å². The van der Waals surface area contributed by atoms with Crippen molar-refractivity contribution in [3.8, 4) is 5.75 Å². The van der Waals surface area contributed by atoms with Gasteiger partial charge in [0, 0.05) is 0 Å². The van der Waals surface area contributed by atoms with E-state index in [1.807, 2.05) is 0 Å². The number of fused-ring (bicyclic) bond motifs is 1. The molecule has 3 aromatic rings. The van der Waals surface area contributed by atoms with Crippen molar-refractivity contribution in [1.82, 2.24) is 4.57 Å². The monoisotopic (exact) mass is 503 g/mol. The Bertz CT molecular complexity index is 1530. The van der Waals surface area contributed by atoms with E-state index in [1.54, 1.807) is 62.4 Å². The van der Waals surface area contributed by atoms with Crippen LogP contribution in [0.3, 0.4) is 0 Å². The Morgan fingerprint density at radius 2 is 1.86 bits per heavy atom. The maximum absolute atomic E-state index is 13.6. The second kappa shape index (κ2) is 10.6. The summed E-state index contributed by atoms with van der Waals surface area (Å²) in [5.74, 6) is -1.18. The molecular formula is C27H23N2O6S-. The van der Waals surface area contributed by atoms with E-state index < -0.39 is 18.0 Å². The highest BCUT2D eigenvalue weighted by Crippen LogP contribution is 2.31. The summed E-state index contributed by atoms with van der Waals surface area (Å²) in [6.45, 7) is 7.61. The summed E-state index contributed by atoms with van der Waals surface area (Å²) in [6.07, 6.45) is 3.30. The minimum Gasteiger partial charge on any atom is -0.545 e. The molecule has 1 atom stereocenters. The lowest BCUT2D eigenvalue weighted by Crippen LogP contribution is -2.39. The number of carboxylic acids is 1. The molecular weight excluding hydrogens is 480 g/mol. The third kappa shape index (κ3) is 4.92. The van der Waals surface area contributed by atoms with Gasteiger partial charge < -0.3 is 19.4 Å². The summed E-state index contributed by atoms with van der Waals surface area (Å²) in [7, 11) is 0. The average Bonchev–Trinajstić information content (AvgIpc) is 3.16. The van der Waals surface area contributed by atoms with Crippen molar-refractivity contribution in [2.75, 3.05) is 13.2 Å². The fraction of sp³-hybridized carbons (Fsp3) is 0.185. The summed E-state index contributed by atoms with van der Waals surface area (Å²) >= 11 is 1.19. The zero-order valence-electron chi connectivity index (χ0n) is 19.7. The van der Waals surface area contributed by atoms with Crippen LogP contribution in [0.5, 0.6) is 5.75 Å². The molecule has 184 valence electrons. The number of rotatable bonds is 8. The Morgan fingerprint density at radius 3 is 2.47 bits per heavy atom. The summed E-state index contributed by atoms with van der Waals surface area (Å²) in [6, 6.07) is 12.4. The molecule has 1 aliphatic heterocycles. The summed E-state index contributed by atoms with van der Waals surface area (Å²) in [5.41, 5.74) is 1.82. The molecule has 9 heteroatoms. The van der Waals surface area contributed by atoms with Crippen LogP contribution in [-0.4, -0.2) is 29.7 Å². The normalized spacial score (nSPS) is 15.2. The zero-order chi connectivity index (χ0) is 25.8. The number of carbonyl (C=O) groups is 2. The molecule has 0 saturated carbocycles. The number of aromatic carboxylic acids is 1. The first-order valence-corrected chi connectivity index (χ1v) is 12.0. The molecule has 0 spiro atoms. The van der Waals surface area contributed by atoms with Crippen molar-refractivity contribution >= 4 is 29.4 Å². The van der Waals surface area contributed by atoms with Gasteiger partial charge in [0.25, 0.3) is 5.56 Å². The van der Waals surface area contributed by atoms with Gasteiger partial charge in [0.1, 0.15) is 12.4 Å². The number of ether oxygens (including phenoxy) is 2. The molecule has 0 amide bonds. The average molecular weight is 504 g/mol. The summed E-state index contributed by atoms with van der Waals surface area (Å²) in [4.78, 5) is 42.6. The van der Waals surface area contributed by atoms with Crippen molar-refractivity contribution in [2.24, 2.45) is 4.99 Å². The first kappa shape index (κ1) is 24.9. The van der Waals surface area contributed by atoms with Crippen LogP contribution in [0.15, 0.2) is 82.2 Å². The lowest BCUT2D eigenvalue weighted by Gasteiger charge is -2.24. The number of carbonyl (C=O) groups excluding carboxylic acids is 2. The van der Waals surface area contributed by atoms with Crippen LogP contribution >= 0.6 is 11.3 Å². The van der Waals surface area contributed by atoms with Gasteiger partial charge in [-0.25, -0.2) is 9.79 Å². The van der Waals surface area contributed by atoms with Crippen molar-refractivity contribution in [3.63, 3.8) is 0 Å². The summed E-state index contributed by atoms with van der Waals surface area (Å²) < 4.78 is 12.8. The quantitative estimate of drug-likeness (QED) is 0.342. The first-order valence-electron chi connectivity index (χ1n) is 11.2. The van der Waals surface area contributed by atoms with Crippen LogP contribution in [-0.2, 0) is 9.53 Å². The van der Waals surface area contributed by atoms with Crippen LogP contribution in [0.25, 0.3) is 6.08 Å². The fourth-order valence-electron chi connectivity index (χ4n) is 3.88. The highest BCUT2D eigenvalue weighted by molar-refractivity contribution is 7.07. The minimum absolute atomic E-state index is 0.0452. The maximum atomic E-state index is 13.6. The third-order valence-electron chi connectivity index (χ3n) is 5.52. The number of hydrogen-bond acceptors (Lipinski definition) is 8. The van der Waals surface area contributed by atoms with E-state index >= 15 is 0 Å². The van der Waals surface area contributed by atoms with E-state index in [0.717, 1.165) is 0 Å². The van der Waals surface area contributed by atoms with Crippen LogP contribution in [0.1, 0.15) is 41.4 Å². The van der Waals surface area contributed by atoms with Gasteiger partial charge in [-0.15, -0.1) is 0 Å². The number of aromatic nitrogens is 1. The molecule has 2 aromatic carbocycles. The molecule has 0 radical (unpaired) electrons. The molecule has 8 nitrogen and oxygen atoms in total. The van der Waals surface area contributed by atoms with Gasteiger partial charge in [-0.3, -0.25) is 9.36 Å². The molecule has 1 aliphatic rings. The predicted molar refractivity (Wildman–Crippen MR) is 133 cm³/mol. The number of esters is 1. The number of benzene rings is 2. The zero-order valence-corrected chi connectivity index (χ0v) is 20.5. The highest BCUT2D eigenvalue weighted by Gasteiger charge is 2.33. The van der Waals surface area contributed by atoms with E-state index in [-0.39, 0.29) is 23.3 Å². The third-order valence-corrected chi connectivity index (χ3v) is 6.51. The number of allylic oxidation sites excluding steroid dienone is 1. The van der Waals surface area contributed by atoms with E-state index in [9.17, 15) is 19.5 Å². The number of carboxylic acid groups (broad SMARTS) is 1. The second-order valence-electron chi connectivity index (χ2n) is 7.88. The molecule has 1 unspecified atom stereocenters. The van der Waals surface area contributed by atoms with Crippen LogP contribution < -0.4 is 24.7 Å². The molecule has 0 bridgehead atoms. The Balaban J connectivity index is 1.85. The van der Waals surface area contributed by atoms with E-state index in [1.165, 1.54) is 28.0 Å². The Labute approximate surface area is 210 Å². The second-order valence-corrected chi connectivity index (χ2v) is 8.89. The van der Waals surface area contributed by atoms with E-state index in [0.29, 0.717) is 38.5 Å². The SMILES string of the molecule is C=CCOc1ccc(C2C(C(=O)OCC)=C(C)N=c3sc(=Cc4ccc(C(=O)[O-])cc4)c(=O)n32)cc1. The smallest absolute Gasteiger partial charge is 0.338 e. The molecule has 0 aliphatic carbocycles. The standard InChI is InChI=1S/C27H24N2O6S/c1-4-14-35-20-12-10-18(11-13-20)23-22(26(33)34-5-2)16(3)28-27-29(23)24(30)21(36-27)15-17-6-8-19(9-7-17)25(31)32/h4,6-13,15,23H,1,5,14H2,2-3H3,(H,31,32)/p-1. The Morgan fingerprint density at radius 1 is 1.17 bits per heavy atom. The van der Waals surface area contributed by atoms with Crippen molar-refractivity contribution in [2.45, 2.75) is 19.9 Å². The topological polar surface area (TPSA) is 110 Å². The van der Waals surface area contributed by atoms with Crippen molar-refractivity contribution < 1.29 is 24.2 Å². The number of nitrogens with zero attached hydrogens (tertiary/aromatic N) is 2. The Hall–Kier alpha value is -4.24. The van der Waals surface area contributed by atoms with E-state index in [2.05, 4.69) is 11.6 Å². The number of thiazole rings is 1. The van der Waals surface area contributed by atoms with Gasteiger partial charge >= 0.3 is 5.97 Å². The molecule has 4 rings (SSSR count). The maximum Gasteiger partial charge on any atom is 0.338 e. The highest BCUT2D eigenvalue weighted by atomic mass is 32.1. The molecule has 0 N–H and O–H groups in total. The van der Waals surface area contributed by atoms with Crippen molar-refractivity contribution in [1.29, 1.82) is 0 Å². The fourth-order valence-corrected chi connectivity index (χ4v) is 4.92. The molecule has 0 fully saturated rings. The van der Waals surface area contributed by atoms with Gasteiger partial charge in [-0.2, -0.15) is 0 Å². The first-order chi connectivity index (χ1) is 17.3. The largest absolute Gasteiger partial charge is 0.545 e. The van der Waals surface area contributed by atoms with Gasteiger partial charge in [0.05, 0.1) is 34.4 Å². The molecule has 2 heterocycles. The van der Waals surface area contributed by atoms with Crippen molar-refractivity contribution in [3.05, 3.63) is 109 Å². The van der Waals surface area contributed by atoms with Crippen LogP contribution in [0, 0.1) is 0 Å². The van der Waals surface area contributed by atoms with Gasteiger partial charge in [0.15, 0.2) is 4.80 Å². The van der Waals surface area contributed by atoms with Crippen LogP contribution in [0.4, 0.5) is 0 Å². The van der Waals surface area contributed by atoms with Gasteiger partial charge in [0.2, 0.25) is 0 Å². The predicted octanol–water partition coefficient (Wildman–Crippen LogP) is 1.73. The van der Waals surface area contributed by atoms with Gasteiger partial charge in [-0.05, 0) is 48.7 Å². The summed E-state index contributed by atoms with van der Waals surface area (Å²) in [5, 5.41) is 11.0. The minimum atomic E-state index is -1.27. The van der Waals surface area contributed by atoms with Crippen LogP contribution in [0.2, 0.25) is 0 Å². The Kier molecular flexibility index (Phi) is 7.30. The van der Waals surface area contributed by atoms with E-state index in [4.69, 9.17) is 9.47 Å². The molecule has 1 aromatic heterocycles.